The zero-order chi connectivity index (χ0) is 14.5. The molecule has 2 aliphatic carbocycles. The van der Waals surface area contributed by atoms with Gasteiger partial charge in [0.2, 0.25) is 0 Å². The van der Waals surface area contributed by atoms with Crippen LogP contribution in [0.4, 0.5) is 4.39 Å². The quantitative estimate of drug-likeness (QED) is 0.794. The van der Waals surface area contributed by atoms with Gasteiger partial charge in [0.15, 0.2) is 0 Å². The average Bonchev–Trinajstić information content (AvgIpc) is 2.79. The fourth-order valence-electron chi connectivity index (χ4n) is 3.87. The number of hydrogen-bond acceptors (Lipinski definition) is 1. The van der Waals surface area contributed by atoms with Crippen molar-refractivity contribution in [3.05, 3.63) is 33.6 Å². The number of hydrogen-bond donors (Lipinski definition) is 1. The third kappa shape index (κ3) is 2.47. The van der Waals surface area contributed by atoms with Crippen molar-refractivity contribution < 1.29 is 4.39 Å². The van der Waals surface area contributed by atoms with Gasteiger partial charge in [0.05, 0.1) is 5.02 Å². The van der Waals surface area contributed by atoms with Gasteiger partial charge in [0.25, 0.3) is 0 Å². The van der Waals surface area contributed by atoms with Crippen LogP contribution in [0.25, 0.3) is 0 Å². The second-order valence-electron chi connectivity index (χ2n) is 6.73. The molecule has 0 aromatic heterocycles. The first-order valence-electron chi connectivity index (χ1n) is 7.27. The fourth-order valence-corrected chi connectivity index (χ4v) is 4.43. The summed E-state index contributed by atoms with van der Waals surface area (Å²) in [7, 11) is 0. The predicted molar refractivity (Wildman–Crippen MR) is 81.9 cm³/mol. The number of fused-ring (bicyclic) bond motifs is 1. The molecule has 3 atom stereocenters. The molecule has 0 radical (unpaired) electrons. The largest absolute Gasteiger partial charge is 0.314 e. The van der Waals surface area contributed by atoms with E-state index in [0.29, 0.717) is 28.5 Å². The third-order valence-corrected chi connectivity index (χ3v) is 6.07. The lowest BCUT2D eigenvalue weighted by atomic mass is 9.98. The summed E-state index contributed by atoms with van der Waals surface area (Å²) in [5.41, 5.74) is 1.28. The van der Waals surface area contributed by atoms with Crippen LogP contribution in [0.2, 0.25) is 10.0 Å². The molecule has 2 aliphatic rings. The van der Waals surface area contributed by atoms with Gasteiger partial charge in [-0.05, 0) is 60.8 Å². The molecule has 4 heteroatoms. The summed E-state index contributed by atoms with van der Waals surface area (Å²) < 4.78 is 13.4. The maximum absolute atomic E-state index is 13.4. The molecule has 1 unspecified atom stereocenters. The minimum Gasteiger partial charge on any atom is -0.314 e. The molecule has 1 nitrogen and oxygen atoms in total. The van der Waals surface area contributed by atoms with Crippen molar-refractivity contribution in [1.82, 2.24) is 5.32 Å². The molecule has 110 valence electrons. The van der Waals surface area contributed by atoms with Crippen molar-refractivity contribution in [3.63, 3.8) is 0 Å². The molecular weight excluding hydrogens is 296 g/mol. The van der Waals surface area contributed by atoms with E-state index in [1.807, 2.05) is 0 Å². The Morgan fingerprint density at radius 3 is 2.55 bits per heavy atom. The first-order chi connectivity index (χ1) is 9.41. The highest BCUT2D eigenvalue weighted by Gasteiger charge is 2.61. The molecule has 2 saturated carbocycles. The molecule has 0 aliphatic heterocycles. The summed E-state index contributed by atoms with van der Waals surface area (Å²) in [4.78, 5) is 0. The monoisotopic (exact) mass is 315 g/mol. The van der Waals surface area contributed by atoms with E-state index in [1.54, 1.807) is 6.07 Å². The number of rotatable bonds is 4. The highest BCUT2D eigenvalue weighted by atomic mass is 35.5. The van der Waals surface area contributed by atoms with Gasteiger partial charge in [-0.2, -0.15) is 0 Å². The summed E-state index contributed by atoms with van der Waals surface area (Å²) in [6.45, 7) is 5.53. The van der Waals surface area contributed by atoms with Gasteiger partial charge in [0, 0.05) is 11.1 Å². The molecular formula is C16H20Cl2FN. The van der Waals surface area contributed by atoms with Crippen molar-refractivity contribution in [1.29, 1.82) is 0 Å². The molecule has 2 fully saturated rings. The van der Waals surface area contributed by atoms with E-state index in [9.17, 15) is 4.39 Å². The summed E-state index contributed by atoms with van der Waals surface area (Å²) in [6.07, 6.45) is 3.20. The van der Waals surface area contributed by atoms with Crippen LogP contribution in [0.3, 0.4) is 0 Å². The Balaban J connectivity index is 1.51. The van der Waals surface area contributed by atoms with Crippen LogP contribution in [0.1, 0.15) is 32.3 Å². The molecule has 3 rings (SSSR count). The fraction of sp³-hybridized carbons (Fsp3) is 0.625. The van der Waals surface area contributed by atoms with Crippen LogP contribution in [0, 0.1) is 23.1 Å². The molecule has 1 aromatic carbocycles. The van der Waals surface area contributed by atoms with Gasteiger partial charge in [-0.1, -0.05) is 37.0 Å². The van der Waals surface area contributed by atoms with Crippen LogP contribution in [0.5, 0.6) is 0 Å². The first-order valence-corrected chi connectivity index (χ1v) is 8.02. The second kappa shape index (κ2) is 5.15. The summed E-state index contributed by atoms with van der Waals surface area (Å²) >= 11 is 12.1. The van der Waals surface area contributed by atoms with Gasteiger partial charge in [-0.3, -0.25) is 0 Å². The highest BCUT2D eigenvalue weighted by molar-refractivity contribution is 6.36. The van der Waals surface area contributed by atoms with Gasteiger partial charge in [-0.15, -0.1) is 0 Å². The van der Waals surface area contributed by atoms with E-state index >= 15 is 0 Å². The lowest BCUT2D eigenvalue weighted by Gasteiger charge is -2.19. The van der Waals surface area contributed by atoms with Crippen LogP contribution < -0.4 is 5.32 Å². The van der Waals surface area contributed by atoms with Crippen molar-refractivity contribution in [2.45, 2.75) is 39.2 Å². The highest BCUT2D eigenvalue weighted by Crippen LogP contribution is 2.66. The Labute approximate surface area is 129 Å². The standard InChI is InChI=1S/C16H20Cl2FN/c1-16(2)11-7-9(8-12(11)16)20-6-5-10-13(17)3-4-14(19)15(10)18/h3-4,9,11-12,20H,5-8H2,1-2H3/t9?,11-,12+. The lowest BCUT2D eigenvalue weighted by molar-refractivity contribution is 0.387. The van der Waals surface area contributed by atoms with Crippen molar-refractivity contribution >= 4 is 23.2 Å². The molecule has 0 amide bonds. The molecule has 1 N–H and O–H groups in total. The maximum atomic E-state index is 13.4. The molecule has 1 aromatic rings. The first kappa shape index (κ1) is 14.6. The minimum absolute atomic E-state index is 0.162. The van der Waals surface area contributed by atoms with Gasteiger partial charge >= 0.3 is 0 Å². The molecule has 0 spiro atoms. The zero-order valence-corrected chi connectivity index (χ0v) is 13.4. The Bertz CT molecular complexity index is 515. The smallest absolute Gasteiger partial charge is 0.142 e. The predicted octanol–water partition coefficient (Wildman–Crippen LogP) is 4.70. The van der Waals surface area contributed by atoms with Crippen LogP contribution in [0.15, 0.2) is 12.1 Å². The summed E-state index contributed by atoms with van der Waals surface area (Å²) in [5.74, 6) is 1.39. The zero-order valence-electron chi connectivity index (χ0n) is 11.8. The normalized spacial score (nSPS) is 30.4. The van der Waals surface area contributed by atoms with E-state index in [2.05, 4.69) is 19.2 Å². The van der Waals surface area contributed by atoms with Crippen molar-refractivity contribution in [2.24, 2.45) is 17.3 Å². The SMILES string of the molecule is CC1(C)[C@@H]2CC(NCCc3c(Cl)ccc(F)c3Cl)C[C@@H]21. The minimum atomic E-state index is -0.394. The Morgan fingerprint density at radius 1 is 1.25 bits per heavy atom. The Kier molecular flexibility index (Phi) is 3.77. The topological polar surface area (TPSA) is 12.0 Å². The van der Waals surface area contributed by atoms with Gasteiger partial charge < -0.3 is 5.32 Å². The third-order valence-electron chi connectivity index (χ3n) is 5.31. The van der Waals surface area contributed by atoms with Gasteiger partial charge in [0.1, 0.15) is 5.82 Å². The van der Waals surface area contributed by atoms with Crippen molar-refractivity contribution in [2.75, 3.05) is 6.54 Å². The number of benzene rings is 1. The second-order valence-corrected chi connectivity index (χ2v) is 7.51. The lowest BCUT2D eigenvalue weighted by Crippen LogP contribution is -2.31. The van der Waals surface area contributed by atoms with Crippen LogP contribution in [-0.4, -0.2) is 12.6 Å². The van der Waals surface area contributed by atoms with Crippen LogP contribution >= 0.6 is 23.2 Å². The van der Waals surface area contributed by atoms with Crippen LogP contribution in [-0.2, 0) is 6.42 Å². The van der Waals surface area contributed by atoms with Crippen molar-refractivity contribution in [3.8, 4) is 0 Å². The Morgan fingerprint density at radius 2 is 1.90 bits per heavy atom. The Hall–Kier alpha value is -0.310. The van der Waals surface area contributed by atoms with E-state index < -0.39 is 5.82 Å². The maximum Gasteiger partial charge on any atom is 0.142 e. The van der Waals surface area contributed by atoms with E-state index in [1.165, 1.54) is 18.9 Å². The molecule has 0 saturated heterocycles. The average molecular weight is 316 g/mol. The molecule has 0 heterocycles. The summed E-state index contributed by atoms with van der Waals surface area (Å²) in [6, 6.07) is 3.49. The van der Waals surface area contributed by atoms with Gasteiger partial charge in [-0.25, -0.2) is 4.39 Å². The van der Waals surface area contributed by atoms with E-state index in [4.69, 9.17) is 23.2 Å². The van der Waals surface area contributed by atoms with E-state index in [-0.39, 0.29) is 5.02 Å². The number of halogens is 3. The summed E-state index contributed by atoms with van der Waals surface area (Å²) in [5, 5.41) is 4.27. The molecule has 0 bridgehead atoms. The van der Waals surface area contributed by atoms with E-state index in [0.717, 1.165) is 18.4 Å². The molecule has 20 heavy (non-hydrogen) atoms. The number of nitrogens with one attached hydrogen (secondary N) is 1.